The van der Waals surface area contributed by atoms with Gasteiger partial charge in [-0.1, -0.05) is 18.9 Å². The molecular weight excluding hydrogens is 247 g/mol. The van der Waals surface area contributed by atoms with Gasteiger partial charge in [0.15, 0.2) is 0 Å². The van der Waals surface area contributed by atoms with Gasteiger partial charge in [0, 0.05) is 6.54 Å². The molecule has 18 heavy (non-hydrogen) atoms. The summed E-state index contributed by atoms with van der Waals surface area (Å²) in [6.07, 6.45) is 6.83. The molecule has 1 N–H and O–H groups in total. The molecule has 0 aromatic heterocycles. The number of benzene rings is 1. The minimum Gasteiger partial charge on any atom is -0.384 e. The minimum absolute atomic E-state index is 0.111. The summed E-state index contributed by atoms with van der Waals surface area (Å²) in [5.74, 6) is 0.762. The van der Waals surface area contributed by atoms with E-state index in [0.717, 1.165) is 13.0 Å². The van der Waals surface area contributed by atoms with Crippen molar-refractivity contribution in [3.8, 4) is 6.07 Å². The van der Waals surface area contributed by atoms with Crippen LogP contribution in [0.2, 0.25) is 0 Å². The summed E-state index contributed by atoms with van der Waals surface area (Å²) in [6, 6.07) is 6.57. The van der Waals surface area contributed by atoms with Crippen LogP contribution in [0.25, 0.3) is 0 Å². The smallest absolute Gasteiger partial charge is 0.143 e. The largest absolute Gasteiger partial charge is 0.384 e. The molecule has 0 bridgehead atoms. The van der Waals surface area contributed by atoms with Crippen molar-refractivity contribution in [2.24, 2.45) is 0 Å². The van der Waals surface area contributed by atoms with E-state index in [9.17, 15) is 4.39 Å². The lowest BCUT2D eigenvalue weighted by Crippen LogP contribution is -2.04. The van der Waals surface area contributed by atoms with Crippen molar-refractivity contribution in [1.82, 2.24) is 0 Å². The molecule has 0 radical (unpaired) electrons. The first-order valence-corrected chi connectivity index (χ1v) is 7.60. The molecule has 0 spiro atoms. The van der Waals surface area contributed by atoms with E-state index in [4.69, 9.17) is 5.26 Å². The van der Waals surface area contributed by atoms with Gasteiger partial charge in [0.1, 0.15) is 17.4 Å². The molecule has 0 saturated heterocycles. The molecule has 4 heteroatoms. The standard InChI is InChI=1S/C14H19FN2S/c1-18-10-5-3-2-4-9-17-14-8-6-7-13(15)12(14)11-16/h6-8,17H,2-5,9-10H2,1H3. The monoisotopic (exact) mass is 266 g/mol. The molecule has 0 saturated carbocycles. The highest BCUT2D eigenvalue weighted by Crippen LogP contribution is 2.17. The molecule has 0 aliphatic carbocycles. The Morgan fingerprint density at radius 3 is 2.78 bits per heavy atom. The molecule has 0 heterocycles. The highest BCUT2D eigenvalue weighted by atomic mass is 32.2. The van der Waals surface area contributed by atoms with Crippen molar-refractivity contribution >= 4 is 17.4 Å². The lowest BCUT2D eigenvalue weighted by atomic mass is 10.1. The second-order valence-corrected chi connectivity index (χ2v) is 5.09. The Morgan fingerprint density at radius 1 is 1.28 bits per heavy atom. The van der Waals surface area contributed by atoms with Crippen LogP contribution in [0, 0.1) is 17.1 Å². The van der Waals surface area contributed by atoms with Gasteiger partial charge in [-0.15, -0.1) is 0 Å². The van der Waals surface area contributed by atoms with Crippen LogP contribution in [0.4, 0.5) is 10.1 Å². The lowest BCUT2D eigenvalue weighted by Gasteiger charge is -2.08. The van der Waals surface area contributed by atoms with Gasteiger partial charge in [-0.3, -0.25) is 0 Å². The third kappa shape index (κ3) is 4.97. The van der Waals surface area contributed by atoms with Crippen LogP contribution in [0.3, 0.4) is 0 Å². The summed E-state index contributed by atoms with van der Waals surface area (Å²) in [4.78, 5) is 0. The maximum atomic E-state index is 13.3. The number of anilines is 1. The fourth-order valence-electron chi connectivity index (χ4n) is 1.73. The summed E-state index contributed by atoms with van der Waals surface area (Å²) in [6.45, 7) is 0.789. The van der Waals surface area contributed by atoms with Gasteiger partial charge in [0.2, 0.25) is 0 Å². The van der Waals surface area contributed by atoms with Crippen LogP contribution < -0.4 is 5.32 Å². The van der Waals surface area contributed by atoms with Crippen LogP contribution in [0.15, 0.2) is 18.2 Å². The van der Waals surface area contributed by atoms with Gasteiger partial charge in [0.05, 0.1) is 5.69 Å². The van der Waals surface area contributed by atoms with Crippen LogP contribution >= 0.6 is 11.8 Å². The van der Waals surface area contributed by atoms with E-state index < -0.39 is 5.82 Å². The summed E-state index contributed by atoms with van der Waals surface area (Å²) >= 11 is 1.88. The zero-order valence-corrected chi connectivity index (χ0v) is 11.5. The van der Waals surface area contributed by atoms with Gasteiger partial charge in [-0.05, 0) is 37.0 Å². The second kappa shape index (κ2) is 8.82. The first-order chi connectivity index (χ1) is 8.79. The van der Waals surface area contributed by atoms with Gasteiger partial charge in [-0.2, -0.15) is 17.0 Å². The minimum atomic E-state index is -0.456. The molecule has 0 atom stereocenters. The average molecular weight is 266 g/mol. The Bertz CT molecular complexity index is 401. The van der Waals surface area contributed by atoms with E-state index >= 15 is 0 Å². The number of unbranched alkanes of at least 4 members (excludes halogenated alkanes) is 3. The van der Waals surface area contributed by atoms with Gasteiger partial charge in [0.25, 0.3) is 0 Å². The predicted molar refractivity (Wildman–Crippen MR) is 76.5 cm³/mol. The van der Waals surface area contributed by atoms with E-state index in [-0.39, 0.29) is 5.56 Å². The molecule has 1 aromatic carbocycles. The maximum absolute atomic E-state index is 13.3. The van der Waals surface area contributed by atoms with Crippen LogP contribution in [-0.2, 0) is 0 Å². The maximum Gasteiger partial charge on any atom is 0.143 e. The molecule has 0 aliphatic heterocycles. The molecule has 98 valence electrons. The quantitative estimate of drug-likeness (QED) is 0.721. The molecule has 2 nitrogen and oxygen atoms in total. The highest BCUT2D eigenvalue weighted by Gasteiger charge is 2.06. The normalized spacial score (nSPS) is 10.1. The Labute approximate surface area is 113 Å². The summed E-state index contributed by atoms with van der Waals surface area (Å²) in [7, 11) is 0. The third-order valence-electron chi connectivity index (χ3n) is 2.72. The molecule has 0 amide bonds. The first kappa shape index (κ1) is 14.8. The summed E-state index contributed by atoms with van der Waals surface area (Å²) < 4.78 is 13.3. The highest BCUT2D eigenvalue weighted by molar-refractivity contribution is 7.98. The number of halogens is 1. The predicted octanol–water partition coefficient (Wildman–Crippen LogP) is 4.03. The van der Waals surface area contributed by atoms with Gasteiger partial charge >= 0.3 is 0 Å². The van der Waals surface area contributed by atoms with E-state index in [1.54, 1.807) is 12.1 Å². The van der Waals surface area contributed by atoms with Gasteiger partial charge < -0.3 is 5.32 Å². The van der Waals surface area contributed by atoms with Crippen molar-refractivity contribution in [3.05, 3.63) is 29.6 Å². The van der Waals surface area contributed by atoms with Crippen molar-refractivity contribution < 1.29 is 4.39 Å². The number of hydrogen-bond acceptors (Lipinski definition) is 3. The fraction of sp³-hybridized carbons (Fsp3) is 0.500. The zero-order chi connectivity index (χ0) is 13.2. The Morgan fingerprint density at radius 2 is 2.06 bits per heavy atom. The topological polar surface area (TPSA) is 35.8 Å². The zero-order valence-electron chi connectivity index (χ0n) is 10.7. The van der Waals surface area contributed by atoms with Crippen LogP contribution in [0.5, 0.6) is 0 Å². The Hall–Kier alpha value is -1.21. The molecule has 1 rings (SSSR count). The summed E-state index contributed by atoms with van der Waals surface area (Å²) in [5.41, 5.74) is 0.710. The Balaban J connectivity index is 2.28. The van der Waals surface area contributed by atoms with Gasteiger partial charge in [-0.25, -0.2) is 4.39 Å². The average Bonchev–Trinajstić information content (AvgIpc) is 2.38. The number of thioether (sulfide) groups is 1. The lowest BCUT2D eigenvalue weighted by molar-refractivity contribution is 0.624. The first-order valence-electron chi connectivity index (χ1n) is 6.21. The number of rotatable bonds is 8. The van der Waals surface area contributed by atoms with Crippen molar-refractivity contribution in [2.75, 3.05) is 23.9 Å². The van der Waals surface area contributed by atoms with Crippen molar-refractivity contribution in [2.45, 2.75) is 25.7 Å². The number of nitrogens with one attached hydrogen (secondary N) is 1. The van der Waals surface area contributed by atoms with Crippen LogP contribution in [0.1, 0.15) is 31.2 Å². The molecule has 0 aliphatic rings. The van der Waals surface area contributed by atoms with Crippen molar-refractivity contribution in [1.29, 1.82) is 5.26 Å². The SMILES string of the molecule is CSCCCCCCNc1cccc(F)c1C#N. The fourth-order valence-corrected chi connectivity index (χ4v) is 2.23. The second-order valence-electron chi connectivity index (χ2n) is 4.11. The molecular formula is C14H19FN2S. The van der Waals surface area contributed by atoms with Crippen molar-refractivity contribution in [3.63, 3.8) is 0 Å². The summed E-state index contributed by atoms with van der Waals surface area (Å²) in [5, 5.41) is 12.0. The van der Waals surface area contributed by atoms with Crippen LogP contribution in [-0.4, -0.2) is 18.6 Å². The third-order valence-corrected chi connectivity index (χ3v) is 3.41. The number of nitrogens with zero attached hydrogens (tertiary/aromatic N) is 1. The Kier molecular flexibility index (Phi) is 7.28. The number of nitriles is 1. The molecule has 1 aromatic rings. The van der Waals surface area contributed by atoms with E-state index in [0.29, 0.717) is 5.69 Å². The van der Waals surface area contributed by atoms with E-state index in [1.165, 1.54) is 31.1 Å². The number of hydrogen-bond donors (Lipinski definition) is 1. The molecule has 0 unspecified atom stereocenters. The van der Waals surface area contributed by atoms with E-state index in [1.807, 2.05) is 17.8 Å². The van der Waals surface area contributed by atoms with E-state index in [2.05, 4.69) is 11.6 Å². The molecule has 0 fully saturated rings.